The van der Waals surface area contributed by atoms with Gasteiger partial charge in [-0.3, -0.25) is 4.79 Å². The van der Waals surface area contributed by atoms with Crippen LogP contribution in [0.1, 0.15) is 53.6 Å². The molecular weight excluding hydrogens is 470 g/mol. The molecule has 2 aromatic carbocycles. The highest BCUT2D eigenvalue weighted by molar-refractivity contribution is 8.02. The van der Waals surface area contributed by atoms with Crippen LogP contribution >= 0.6 is 11.8 Å². The summed E-state index contributed by atoms with van der Waals surface area (Å²) < 4.78 is 35.6. The van der Waals surface area contributed by atoms with Gasteiger partial charge >= 0.3 is 0 Å². The number of nitrogens with zero attached hydrogens (tertiary/aromatic N) is 1. The zero-order chi connectivity index (χ0) is 23.3. The molecule has 1 saturated heterocycles. The van der Waals surface area contributed by atoms with Crippen molar-refractivity contribution >= 4 is 27.5 Å². The van der Waals surface area contributed by atoms with Crippen molar-refractivity contribution in [1.82, 2.24) is 4.90 Å². The number of ether oxygens (including phenoxy) is 2. The summed E-state index contributed by atoms with van der Waals surface area (Å²) in [7, 11) is -2.96. The molecule has 0 N–H and O–H groups in total. The number of fused-ring (bicyclic) bond motifs is 3. The van der Waals surface area contributed by atoms with Crippen LogP contribution in [0.25, 0.3) is 0 Å². The van der Waals surface area contributed by atoms with Gasteiger partial charge in [0, 0.05) is 28.6 Å². The third-order valence-electron chi connectivity index (χ3n) is 7.64. The normalized spacial score (nSPS) is 24.2. The van der Waals surface area contributed by atoms with Gasteiger partial charge in [0.25, 0.3) is 5.91 Å². The Morgan fingerprint density at radius 1 is 1.06 bits per heavy atom. The second-order valence-electron chi connectivity index (χ2n) is 9.94. The number of carbonyl (C=O) groups is 1. The molecule has 4 aliphatic rings. The maximum atomic E-state index is 13.9. The minimum absolute atomic E-state index is 0.00544. The molecule has 1 saturated carbocycles. The number of thioether (sulfide) groups is 1. The third-order valence-corrected chi connectivity index (χ3v) is 11.0. The second kappa shape index (κ2) is 8.48. The summed E-state index contributed by atoms with van der Waals surface area (Å²) >= 11 is 1.54. The quantitative estimate of drug-likeness (QED) is 0.630. The molecule has 8 heteroatoms. The highest BCUT2D eigenvalue weighted by Crippen LogP contribution is 2.49. The van der Waals surface area contributed by atoms with E-state index < -0.39 is 9.84 Å². The van der Waals surface area contributed by atoms with Crippen LogP contribution in [-0.2, 0) is 21.8 Å². The van der Waals surface area contributed by atoms with E-state index in [0.29, 0.717) is 38.3 Å². The van der Waals surface area contributed by atoms with E-state index in [1.165, 1.54) is 30.2 Å². The van der Waals surface area contributed by atoms with E-state index in [1.807, 2.05) is 29.2 Å². The van der Waals surface area contributed by atoms with E-state index in [9.17, 15) is 13.2 Å². The first-order valence-corrected chi connectivity index (χ1v) is 14.8. The van der Waals surface area contributed by atoms with Gasteiger partial charge in [-0.2, -0.15) is 0 Å². The van der Waals surface area contributed by atoms with Gasteiger partial charge in [-0.15, -0.1) is 11.8 Å². The Morgan fingerprint density at radius 3 is 2.53 bits per heavy atom. The average molecular weight is 500 g/mol. The molecule has 3 aliphatic heterocycles. The number of carbonyl (C=O) groups excluding carboxylic acids is 1. The lowest BCUT2D eigenvalue weighted by molar-refractivity contribution is 0.0665. The van der Waals surface area contributed by atoms with E-state index >= 15 is 0 Å². The van der Waals surface area contributed by atoms with Gasteiger partial charge in [-0.25, -0.2) is 8.42 Å². The van der Waals surface area contributed by atoms with Crippen molar-refractivity contribution in [1.29, 1.82) is 0 Å². The fourth-order valence-corrected chi connectivity index (χ4v) is 9.66. The zero-order valence-corrected chi connectivity index (χ0v) is 20.8. The summed E-state index contributed by atoms with van der Waals surface area (Å²) in [5, 5.41) is 0.00544. The monoisotopic (exact) mass is 499 g/mol. The maximum Gasteiger partial charge on any atom is 0.255 e. The Labute approximate surface area is 204 Å². The molecular formula is C26H29NO5S2. The van der Waals surface area contributed by atoms with Crippen molar-refractivity contribution in [2.45, 2.75) is 54.2 Å². The first-order chi connectivity index (χ1) is 16.4. The van der Waals surface area contributed by atoms with Crippen molar-refractivity contribution < 1.29 is 22.7 Å². The fraction of sp³-hybridized carbons (Fsp3) is 0.500. The van der Waals surface area contributed by atoms with Crippen molar-refractivity contribution in [3.05, 3.63) is 53.1 Å². The first kappa shape index (κ1) is 22.3. The summed E-state index contributed by atoms with van der Waals surface area (Å²) in [6.07, 6.45) is 5.11. The van der Waals surface area contributed by atoms with Gasteiger partial charge in [0.2, 0.25) is 0 Å². The molecule has 34 heavy (non-hydrogen) atoms. The molecule has 180 valence electrons. The highest BCUT2D eigenvalue weighted by atomic mass is 32.2. The van der Waals surface area contributed by atoms with Crippen molar-refractivity contribution in [3.8, 4) is 11.5 Å². The second-order valence-corrected chi connectivity index (χ2v) is 13.5. The van der Waals surface area contributed by atoms with E-state index in [4.69, 9.17) is 9.47 Å². The molecule has 1 amide bonds. The predicted octanol–water partition coefficient (Wildman–Crippen LogP) is 4.20. The molecule has 1 spiro atoms. The Hall–Kier alpha value is -2.19. The van der Waals surface area contributed by atoms with Crippen molar-refractivity contribution in [3.63, 3.8) is 0 Å². The molecule has 6 nitrogen and oxygen atoms in total. The summed E-state index contributed by atoms with van der Waals surface area (Å²) in [5.74, 6) is 2.04. The number of hydrogen-bond acceptors (Lipinski definition) is 6. The van der Waals surface area contributed by atoms with Gasteiger partial charge in [-0.05, 0) is 54.7 Å². The molecule has 1 aliphatic carbocycles. The molecule has 6 rings (SSSR count). The number of hydrogen-bond donors (Lipinski definition) is 0. The number of benzene rings is 2. The van der Waals surface area contributed by atoms with Crippen LogP contribution in [0.2, 0.25) is 0 Å². The van der Waals surface area contributed by atoms with Gasteiger partial charge < -0.3 is 14.4 Å². The smallest absolute Gasteiger partial charge is 0.255 e. The SMILES string of the molecule is O=C(c1ccccc1S[C@H]1CCS(=O)(=O)C1)N1Cc2cc3c(cc2C2(CCCC2)C1)OCCO3. The lowest BCUT2D eigenvalue weighted by Crippen LogP contribution is -2.47. The summed E-state index contributed by atoms with van der Waals surface area (Å²) in [6.45, 7) is 2.36. The van der Waals surface area contributed by atoms with Crippen LogP contribution in [-0.4, -0.2) is 55.7 Å². The van der Waals surface area contributed by atoms with Crippen LogP contribution in [0.15, 0.2) is 41.3 Å². The van der Waals surface area contributed by atoms with Crippen molar-refractivity contribution in [2.24, 2.45) is 0 Å². The first-order valence-electron chi connectivity index (χ1n) is 12.1. The Morgan fingerprint density at radius 2 is 1.79 bits per heavy atom. The Balaban J connectivity index is 1.32. The fourth-order valence-electron chi connectivity index (χ4n) is 6.04. The molecule has 1 atom stereocenters. The van der Waals surface area contributed by atoms with Gasteiger partial charge in [-0.1, -0.05) is 25.0 Å². The topological polar surface area (TPSA) is 72.9 Å². The van der Waals surface area contributed by atoms with E-state index in [1.54, 1.807) is 0 Å². The highest BCUT2D eigenvalue weighted by Gasteiger charge is 2.44. The molecule has 3 heterocycles. The number of amides is 1. The van der Waals surface area contributed by atoms with Crippen LogP contribution in [0.4, 0.5) is 0 Å². The zero-order valence-electron chi connectivity index (χ0n) is 19.1. The van der Waals surface area contributed by atoms with E-state index in [2.05, 4.69) is 12.1 Å². The average Bonchev–Trinajstić information content (AvgIpc) is 3.44. The Kier molecular flexibility index (Phi) is 5.56. The van der Waals surface area contributed by atoms with Crippen LogP contribution in [0, 0.1) is 0 Å². The maximum absolute atomic E-state index is 13.9. The van der Waals surface area contributed by atoms with Crippen LogP contribution < -0.4 is 9.47 Å². The molecule has 0 unspecified atom stereocenters. The minimum atomic E-state index is -2.96. The Bertz CT molecular complexity index is 1240. The lowest BCUT2D eigenvalue weighted by atomic mass is 9.73. The van der Waals surface area contributed by atoms with Crippen LogP contribution in [0.5, 0.6) is 11.5 Å². The van der Waals surface area contributed by atoms with E-state index in [-0.39, 0.29) is 28.1 Å². The number of sulfone groups is 1. The summed E-state index contributed by atoms with van der Waals surface area (Å²) in [6, 6.07) is 11.9. The lowest BCUT2D eigenvalue weighted by Gasteiger charge is -2.43. The third kappa shape index (κ3) is 3.98. The van der Waals surface area contributed by atoms with Gasteiger partial charge in [0.15, 0.2) is 21.3 Å². The standard InChI is InChI=1S/C26H29NO5S2/c28-25(20-5-1-2-6-24(20)33-19-7-12-34(29,30)16-19)27-15-18-13-22-23(32-11-10-31-22)14-21(18)26(17-27)8-3-4-9-26/h1-2,5-6,13-14,19H,3-4,7-12,15-17H2/t19-/m0/s1. The molecule has 2 fully saturated rings. The van der Waals surface area contributed by atoms with Crippen LogP contribution in [0.3, 0.4) is 0 Å². The molecule has 0 aromatic heterocycles. The van der Waals surface area contributed by atoms with E-state index in [0.717, 1.165) is 34.8 Å². The largest absolute Gasteiger partial charge is 0.486 e. The minimum Gasteiger partial charge on any atom is -0.486 e. The van der Waals surface area contributed by atoms with Crippen molar-refractivity contribution in [2.75, 3.05) is 31.3 Å². The molecule has 0 bridgehead atoms. The summed E-state index contributed by atoms with van der Waals surface area (Å²) in [5.41, 5.74) is 3.10. The van der Waals surface area contributed by atoms with Gasteiger partial charge in [0.1, 0.15) is 13.2 Å². The number of rotatable bonds is 3. The molecule has 2 aromatic rings. The molecule has 0 radical (unpaired) electrons. The summed E-state index contributed by atoms with van der Waals surface area (Å²) in [4.78, 5) is 16.8. The predicted molar refractivity (Wildman–Crippen MR) is 132 cm³/mol. The van der Waals surface area contributed by atoms with Gasteiger partial charge in [0.05, 0.1) is 17.1 Å².